The van der Waals surface area contributed by atoms with Gasteiger partial charge in [-0.2, -0.15) is 0 Å². The van der Waals surface area contributed by atoms with Gasteiger partial charge in [-0.15, -0.1) is 0 Å². The lowest BCUT2D eigenvalue weighted by Crippen LogP contribution is -2.16. The summed E-state index contributed by atoms with van der Waals surface area (Å²) in [5.74, 6) is -3.35. The second-order valence-electron chi connectivity index (χ2n) is 5.54. The molecule has 0 aromatic heterocycles. The van der Waals surface area contributed by atoms with E-state index in [0.717, 1.165) is 18.9 Å². The van der Waals surface area contributed by atoms with Crippen LogP contribution >= 0.6 is 0 Å². The molecule has 1 unspecified atom stereocenters. The van der Waals surface area contributed by atoms with Crippen molar-refractivity contribution in [1.82, 2.24) is 0 Å². The van der Waals surface area contributed by atoms with Crippen LogP contribution in [0.15, 0.2) is 36.4 Å². The first-order valence-corrected chi connectivity index (χ1v) is 7.06. The lowest BCUT2D eigenvalue weighted by atomic mass is 9.79. The van der Waals surface area contributed by atoms with Crippen LogP contribution in [0.1, 0.15) is 47.9 Å². The third-order valence-corrected chi connectivity index (χ3v) is 4.25. The van der Waals surface area contributed by atoms with Crippen LogP contribution in [0.2, 0.25) is 0 Å². The van der Waals surface area contributed by atoms with Crippen molar-refractivity contribution in [2.75, 3.05) is 0 Å². The molecule has 1 saturated carbocycles. The average Bonchev–Trinajstić information content (AvgIpc) is 2.43. The Hall–Kier alpha value is -1.81. The Morgan fingerprint density at radius 2 is 1.76 bits per heavy atom. The fourth-order valence-corrected chi connectivity index (χ4v) is 2.71. The predicted octanol–water partition coefficient (Wildman–Crippen LogP) is 4.42. The average molecular weight is 291 g/mol. The van der Waals surface area contributed by atoms with Gasteiger partial charge in [0.05, 0.1) is 6.04 Å². The van der Waals surface area contributed by atoms with Crippen LogP contribution in [-0.4, -0.2) is 0 Å². The van der Waals surface area contributed by atoms with Gasteiger partial charge in [0, 0.05) is 5.56 Å². The summed E-state index contributed by atoms with van der Waals surface area (Å²) in [6.45, 7) is 0. The van der Waals surface area contributed by atoms with Crippen LogP contribution in [0.3, 0.4) is 0 Å². The zero-order valence-electron chi connectivity index (χ0n) is 11.5. The van der Waals surface area contributed by atoms with Gasteiger partial charge >= 0.3 is 0 Å². The van der Waals surface area contributed by atoms with E-state index in [-0.39, 0.29) is 5.56 Å². The lowest BCUT2D eigenvalue weighted by molar-refractivity contribution is 0.419. The molecular weight excluding hydrogens is 275 g/mol. The van der Waals surface area contributed by atoms with E-state index < -0.39 is 23.5 Å². The highest BCUT2D eigenvalue weighted by atomic mass is 19.2. The Labute approximate surface area is 121 Å². The van der Waals surface area contributed by atoms with E-state index in [1.165, 1.54) is 18.1 Å². The second-order valence-corrected chi connectivity index (χ2v) is 5.54. The quantitative estimate of drug-likeness (QED) is 0.832. The third kappa shape index (κ3) is 2.56. The van der Waals surface area contributed by atoms with E-state index in [2.05, 4.69) is 0 Å². The van der Waals surface area contributed by atoms with Gasteiger partial charge in [-0.3, -0.25) is 0 Å². The van der Waals surface area contributed by atoms with Crippen LogP contribution in [-0.2, 0) is 0 Å². The molecule has 1 aliphatic carbocycles. The maximum atomic E-state index is 13.8. The number of hydrogen-bond acceptors (Lipinski definition) is 1. The van der Waals surface area contributed by atoms with Crippen molar-refractivity contribution in [1.29, 1.82) is 0 Å². The van der Waals surface area contributed by atoms with E-state index in [9.17, 15) is 13.2 Å². The molecule has 0 amide bonds. The smallest absolute Gasteiger partial charge is 0.194 e. The molecule has 110 valence electrons. The predicted molar refractivity (Wildman–Crippen MR) is 75.4 cm³/mol. The molecule has 21 heavy (non-hydrogen) atoms. The molecule has 1 atom stereocenters. The number of nitrogens with two attached hydrogens (primary N) is 1. The standard InChI is InChI=1S/C17H16F3N/c18-14-8-7-13(15(19)16(14)20)17(21)12-6-2-5-11(9-12)10-3-1-4-10/h2,5-10,17H,1,3-4,21H2. The van der Waals surface area contributed by atoms with Gasteiger partial charge in [-0.25, -0.2) is 13.2 Å². The molecule has 0 bridgehead atoms. The minimum atomic E-state index is -1.47. The molecule has 0 saturated heterocycles. The fraction of sp³-hybridized carbons (Fsp3) is 0.294. The highest BCUT2D eigenvalue weighted by Crippen LogP contribution is 2.37. The second kappa shape index (κ2) is 5.53. The maximum Gasteiger partial charge on any atom is 0.194 e. The Morgan fingerprint density at radius 3 is 2.43 bits per heavy atom. The van der Waals surface area contributed by atoms with Gasteiger partial charge in [-0.05, 0) is 36.0 Å². The molecule has 0 spiro atoms. The molecule has 0 heterocycles. The van der Waals surface area contributed by atoms with Gasteiger partial charge in [-0.1, -0.05) is 36.8 Å². The van der Waals surface area contributed by atoms with Crippen LogP contribution in [0.4, 0.5) is 13.2 Å². The number of rotatable bonds is 3. The Kier molecular flexibility index (Phi) is 3.72. The zero-order chi connectivity index (χ0) is 15.0. The zero-order valence-corrected chi connectivity index (χ0v) is 11.5. The normalized spacial score (nSPS) is 16.6. The Morgan fingerprint density at radius 1 is 1.00 bits per heavy atom. The van der Waals surface area contributed by atoms with Crippen molar-refractivity contribution >= 4 is 0 Å². The van der Waals surface area contributed by atoms with Crippen molar-refractivity contribution in [2.45, 2.75) is 31.2 Å². The van der Waals surface area contributed by atoms with E-state index in [1.807, 2.05) is 18.2 Å². The molecule has 2 N–H and O–H groups in total. The minimum Gasteiger partial charge on any atom is -0.320 e. The number of hydrogen-bond donors (Lipinski definition) is 1. The molecule has 0 aliphatic heterocycles. The molecule has 2 aromatic rings. The molecule has 2 aromatic carbocycles. The van der Waals surface area contributed by atoms with Gasteiger partial charge in [0.15, 0.2) is 17.5 Å². The number of benzene rings is 2. The van der Waals surface area contributed by atoms with Crippen molar-refractivity contribution < 1.29 is 13.2 Å². The summed E-state index contributed by atoms with van der Waals surface area (Å²) in [6, 6.07) is 8.93. The molecule has 1 aliphatic rings. The SMILES string of the molecule is NC(c1cccc(C2CCC2)c1)c1ccc(F)c(F)c1F. The topological polar surface area (TPSA) is 26.0 Å². The summed E-state index contributed by atoms with van der Waals surface area (Å²) >= 11 is 0. The fourth-order valence-electron chi connectivity index (χ4n) is 2.71. The van der Waals surface area contributed by atoms with Gasteiger partial charge < -0.3 is 5.73 Å². The highest BCUT2D eigenvalue weighted by Gasteiger charge is 2.22. The van der Waals surface area contributed by atoms with E-state index in [1.54, 1.807) is 6.07 Å². The summed E-state index contributed by atoms with van der Waals surface area (Å²) < 4.78 is 40.2. The van der Waals surface area contributed by atoms with Crippen LogP contribution in [0.5, 0.6) is 0 Å². The van der Waals surface area contributed by atoms with Crippen molar-refractivity contribution in [3.8, 4) is 0 Å². The van der Waals surface area contributed by atoms with Gasteiger partial charge in [0.2, 0.25) is 0 Å². The van der Waals surface area contributed by atoms with Crippen LogP contribution in [0.25, 0.3) is 0 Å². The molecule has 1 nitrogen and oxygen atoms in total. The highest BCUT2D eigenvalue weighted by molar-refractivity contribution is 5.36. The Bertz CT molecular complexity index is 665. The van der Waals surface area contributed by atoms with Gasteiger partial charge in [0.25, 0.3) is 0 Å². The monoisotopic (exact) mass is 291 g/mol. The third-order valence-electron chi connectivity index (χ3n) is 4.25. The summed E-state index contributed by atoms with van der Waals surface area (Å²) in [5.41, 5.74) is 7.90. The van der Waals surface area contributed by atoms with Crippen molar-refractivity contribution in [3.63, 3.8) is 0 Å². The Balaban J connectivity index is 1.95. The first-order valence-electron chi connectivity index (χ1n) is 7.06. The van der Waals surface area contributed by atoms with Crippen LogP contribution in [0, 0.1) is 17.5 Å². The summed E-state index contributed by atoms with van der Waals surface area (Å²) in [5, 5.41) is 0. The first-order chi connectivity index (χ1) is 10.1. The largest absolute Gasteiger partial charge is 0.320 e. The lowest BCUT2D eigenvalue weighted by Gasteiger charge is -2.26. The number of halogens is 3. The van der Waals surface area contributed by atoms with Gasteiger partial charge in [0.1, 0.15) is 0 Å². The van der Waals surface area contributed by atoms with Crippen LogP contribution < -0.4 is 5.73 Å². The summed E-state index contributed by atoms with van der Waals surface area (Å²) in [4.78, 5) is 0. The minimum absolute atomic E-state index is 0.0281. The maximum absolute atomic E-state index is 13.8. The molecule has 1 fully saturated rings. The molecule has 0 radical (unpaired) electrons. The summed E-state index contributed by atoms with van der Waals surface area (Å²) in [6.07, 6.45) is 3.52. The molecule has 4 heteroatoms. The first kappa shape index (κ1) is 14.1. The molecular formula is C17H16F3N. The van der Waals surface area contributed by atoms with E-state index >= 15 is 0 Å². The van der Waals surface area contributed by atoms with E-state index in [4.69, 9.17) is 5.73 Å². The van der Waals surface area contributed by atoms with Crippen molar-refractivity contribution in [3.05, 3.63) is 70.5 Å². The summed E-state index contributed by atoms with van der Waals surface area (Å²) in [7, 11) is 0. The molecule has 3 rings (SSSR count). The van der Waals surface area contributed by atoms with Crippen molar-refractivity contribution in [2.24, 2.45) is 5.73 Å². The van der Waals surface area contributed by atoms with E-state index in [0.29, 0.717) is 11.5 Å².